The van der Waals surface area contributed by atoms with E-state index in [1.807, 2.05) is 12.3 Å². The minimum atomic E-state index is -0.879. The number of hydrogen-bond acceptors (Lipinski definition) is 7. The van der Waals surface area contributed by atoms with Gasteiger partial charge in [-0.25, -0.2) is 14.4 Å². The van der Waals surface area contributed by atoms with E-state index in [0.717, 1.165) is 41.4 Å². The van der Waals surface area contributed by atoms with Crippen molar-refractivity contribution in [3.8, 4) is 28.0 Å². The second kappa shape index (κ2) is 9.10. The summed E-state index contributed by atoms with van der Waals surface area (Å²) in [5.41, 5.74) is 7.01. The van der Waals surface area contributed by atoms with Crippen molar-refractivity contribution < 1.29 is 14.2 Å². The summed E-state index contributed by atoms with van der Waals surface area (Å²) in [5.74, 6) is 6.49. The van der Waals surface area contributed by atoms with Crippen LogP contribution < -0.4 is 15.8 Å². The topological polar surface area (TPSA) is 93.3 Å². The van der Waals surface area contributed by atoms with Gasteiger partial charge in [0.15, 0.2) is 11.6 Å². The molecule has 4 N–H and O–H groups in total. The van der Waals surface area contributed by atoms with Crippen LogP contribution in [0.4, 0.5) is 10.2 Å². The first-order valence-corrected chi connectivity index (χ1v) is 11.9. The van der Waals surface area contributed by atoms with Gasteiger partial charge >= 0.3 is 0 Å². The van der Waals surface area contributed by atoms with Gasteiger partial charge in [-0.3, -0.25) is 0 Å². The van der Waals surface area contributed by atoms with E-state index < -0.39 is 5.60 Å². The number of thiazole rings is 1. The van der Waals surface area contributed by atoms with Crippen molar-refractivity contribution in [2.24, 2.45) is 0 Å². The smallest absolute Gasteiger partial charge is 0.166 e. The van der Waals surface area contributed by atoms with Crippen molar-refractivity contribution in [2.45, 2.75) is 43.8 Å². The largest absolute Gasteiger partial charge is 0.485 e. The fraction of sp³-hybridized carbons (Fsp3) is 0.360. The lowest BCUT2D eigenvalue weighted by molar-refractivity contribution is 0.212. The predicted octanol–water partition coefficient (Wildman–Crippen LogP) is 3.85. The van der Waals surface area contributed by atoms with Crippen LogP contribution in [0.2, 0.25) is 0 Å². The number of aliphatic hydroxyl groups is 1. The first-order chi connectivity index (χ1) is 16.0. The zero-order valence-corrected chi connectivity index (χ0v) is 18.9. The molecule has 0 amide bonds. The van der Waals surface area contributed by atoms with Crippen LogP contribution in [-0.4, -0.2) is 33.8 Å². The van der Waals surface area contributed by atoms with E-state index in [4.69, 9.17) is 10.5 Å². The molecule has 0 radical (unpaired) electrons. The maximum atomic E-state index is 14.3. The van der Waals surface area contributed by atoms with E-state index in [-0.39, 0.29) is 18.2 Å². The van der Waals surface area contributed by atoms with Crippen molar-refractivity contribution in [3.05, 3.63) is 58.6 Å². The summed E-state index contributed by atoms with van der Waals surface area (Å²) in [6.07, 6.45) is 7.12. The van der Waals surface area contributed by atoms with Crippen LogP contribution in [0.1, 0.15) is 47.7 Å². The Morgan fingerprint density at radius 1 is 1.21 bits per heavy atom. The number of piperidine rings is 1. The molecule has 2 aromatic heterocycles. The molecule has 1 aliphatic carbocycles. The highest BCUT2D eigenvalue weighted by Gasteiger charge is 2.38. The molecular formula is C25H25FN4O2S. The standard InChI is InChI=1S/C25H25FN4O2S/c26-20-2-1-16(3-6-25(31)7-8-25)11-19(20)15-32-21-12-18(13-29-23(21)27)22-14-30-24(33-22)17-4-9-28-10-5-17/h1-2,11-14,17,28,31H,4-5,7-10,15H2,(H2,27,29). The summed E-state index contributed by atoms with van der Waals surface area (Å²) >= 11 is 1.67. The van der Waals surface area contributed by atoms with Gasteiger partial charge in [0.2, 0.25) is 0 Å². The third kappa shape index (κ3) is 5.17. The summed E-state index contributed by atoms with van der Waals surface area (Å²) in [6, 6.07) is 6.41. The monoisotopic (exact) mass is 464 g/mol. The Morgan fingerprint density at radius 2 is 2.03 bits per heavy atom. The molecule has 33 heavy (non-hydrogen) atoms. The Morgan fingerprint density at radius 3 is 2.82 bits per heavy atom. The highest BCUT2D eigenvalue weighted by Crippen LogP contribution is 2.36. The number of nitrogens with zero attached hydrogens (tertiary/aromatic N) is 2. The molecule has 170 valence electrons. The molecule has 1 saturated carbocycles. The average Bonchev–Trinajstić information content (AvgIpc) is 3.37. The molecule has 3 heterocycles. The molecule has 5 rings (SSSR count). The van der Waals surface area contributed by atoms with Crippen LogP contribution in [0.15, 0.2) is 36.7 Å². The van der Waals surface area contributed by atoms with Crippen molar-refractivity contribution in [2.75, 3.05) is 18.8 Å². The zero-order valence-electron chi connectivity index (χ0n) is 18.1. The van der Waals surface area contributed by atoms with E-state index in [1.54, 1.807) is 29.7 Å². The maximum absolute atomic E-state index is 14.3. The van der Waals surface area contributed by atoms with E-state index in [1.165, 1.54) is 6.07 Å². The van der Waals surface area contributed by atoms with Gasteiger partial charge in [0, 0.05) is 35.0 Å². The van der Waals surface area contributed by atoms with Crippen LogP contribution in [0, 0.1) is 17.7 Å². The summed E-state index contributed by atoms with van der Waals surface area (Å²) < 4.78 is 20.2. The summed E-state index contributed by atoms with van der Waals surface area (Å²) in [4.78, 5) is 9.91. The molecule has 0 unspecified atom stereocenters. The van der Waals surface area contributed by atoms with Gasteiger partial charge in [0.05, 0.1) is 9.88 Å². The number of benzene rings is 1. The molecule has 2 aliphatic rings. The maximum Gasteiger partial charge on any atom is 0.166 e. The van der Waals surface area contributed by atoms with Gasteiger partial charge in [-0.2, -0.15) is 0 Å². The van der Waals surface area contributed by atoms with Gasteiger partial charge in [0.1, 0.15) is 18.0 Å². The number of anilines is 1. The summed E-state index contributed by atoms with van der Waals surface area (Å²) in [6.45, 7) is 2.03. The molecule has 3 aromatic rings. The van der Waals surface area contributed by atoms with E-state index in [9.17, 15) is 9.50 Å². The molecule has 6 nitrogen and oxygen atoms in total. The third-order valence-corrected chi connectivity index (χ3v) is 7.18. The zero-order chi connectivity index (χ0) is 22.8. The number of nitrogens with one attached hydrogen (secondary N) is 1. The Bertz CT molecular complexity index is 1220. The van der Waals surface area contributed by atoms with E-state index in [2.05, 4.69) is 27.1 Å². The Kier molecular flexibility index (Phi) is 6.02. The van der Waals surface area contributed by atoms with Crippen molar-refractivity contribution in [1.82, 2.24) is 15.3 Å². The van der Waals surface area contributed by atoms with Crippen molar-refractivity contribution in [3.63, 3.8) is 0 Å². The fourth-order valence-corrected chi connectivity index (χ4v) is 4.80. The number of nitrogens with two attached hydrogens (primary N) is 1. The number of pyridine rings is 1. The highest BCUT2D eigenvalue weighted by molar-refractivity contribution is 7.15. The predicted molar refractivity (Wildman–Crippen MR) is 126 cm³/mol. The van der Waals surface area contributed by atoms with Crippen LogP contribution in [-0.2, 0) is 6.61 Å². The van der Waals surface area contributed by atoms with Crippen LogP contribution >= 0.6 is 11.3 Å². The van der Waals surface area contributed by atoms with Gasteiger partial charge in [-0.15, -0.1) is 11.3 Å². The number of aromatic nitrogens is 2. The van der Waals surface area contributed by atoms with Crippen LogP contribution in [0.3, 0.4) is 0 Å². The molecule has 2 fully saturated rings. The minimum Gasteiger partial charge on any atom is -0.485 e. The van der Waals surface area contributed by atoms with Crippen LogP contribution in [0.5, 0.6) is 5.75 Å². The molecule has 0 spiro atoms. The van der Waals surface area contributed by atoms with Crippen LogP contribution in [0.25, 0.3) is 10.4 Å². The fourth-order valence-electron chi connectivity index (χ4n) is 3.73. The molecule has 0 bridgehead atoms. The Balaban J connectivity index is 1.31. The van der Waals surface area contributed by atoms with Gasteiger partial charge in [-0.1, -0.05) is 11.8 Å². The number of halogens is 1. The van der Waals surface area contributed by atoms with E-state index >= 15 is 0 Å². The Labute approximate surface area is 196 Å². The molecule has 1 saturated heterocycles. The highest BCUT2D eigenvalue weighted by atomic mass is 32.1. The SMILES string of the molecule is Nc1ncc(-c2cnc(C3CCNCC3)s2)cc1OCc1cc(C#CC2(O)CC2)ccc1F. The lowest BCUT2D eigenvalue weighted by Gasteiger charge is -2.20. The van der Waals surface area contributed by atoms with Gasteiger partial charge in [0.25, 0.3) is 0 Å². The lowest BCUT2D eigenvalue weighted by Crippen LogP contribution is -2.26. The van der Waals surface area contributed by atoms with E-state index in [0.29, 0.717) is 35.6 Å². The summed E-state index contributed by atoms with van der Waals surface area (Å²) in [5, 5.41) is 14.4. The third-order valence-electron chi connectivity index (χ3n) is 5.97. The molecular weight excluding hydrogens is 439 g/mol. The first-order valence-electron chi connectivity index (χ1n) is 11.1. The Hall–Kier alpha value is -2.99. The lowest BCUT2D eigenvalue weighted by atomic mass is 9.99. The minimum absolute atomic E-state index is 0.00995. The number of nitrogen functional groups attached to an aromatic ring is 1. The molecule has 1 aliphatic heterocycles. The summed E-state index contributed by atoms with van der Waals surface area (Å²) in [7, 11) is 0. The average molecular weight is 465 g/mol. The number of rotatable bonds is 5. The quantitative estimate of drug-likeness (QED) is 0.497. The van der Waals surface area contributed by atoms with Crippen molar-refractivity contribution in [1.29, 1.82) is 0 Å². The number of hydrogen-bond donors (Lipinski definition) is 3. The second-order valence-electron chi connectivity index (χ2n) is 8.57. The van der Waals surface area contributed by atoms with Gasteiger partial charge in [-0.05, 0) is 63.0 Å². The second-order valence-corrected chi connectivity index (χ2v) is 9.63. The first kappa shape index (κ1) is 21.8. The van der Waals surface area contributed by atoms with Gasteiger partial charge < -0.3 is 20.9 Å². The molecule has 1 aromatic carbocycles. The van der Waals surface area contributed by atoms with Crippen molar-refractivity contribution >= 4 is 17.2 Å². The molecule has 0 atom stereocenters. The number of ether oxygens (including phenoxy) is 1. The normalized spacial score (nSPS) is 17.3. The molecule has 8 heteroatoms.